The average Bonchev–Trinajstić information content (AvgIpc) is 2.58. The number of alkyl halides is 3. The van der Waals surface area contributed by atoms with Gasteiger partial charge in [-0.1, -0.05) is 6.42 Å². The van der Waals surface area contributed by atoms with Gasteiger partial charge in [-0.05, 0) is 87.9 Å². The molecule has 0 amide bonds. The molecule has 5 saturated carbocycles. The molecule has 5 aliphatic rings. The molecule has 0 heterocycles. The van der Waals surface area contributed by atoms with Crippen LogP contribution in [0.25, 0.3) is 4.72 Å². The number of carbonyl (C=O) groups excluding carboxylic acids is 1. The fourth-order valence-corrected chi connectivity index (χ4v) is 6.87. The van der Waals surface area contributed by atoms with Gasteiger partial charge in [-0.2, -0.15) is 25.1 Å². The van der Waals surface area contributed by atoms with Crippen molar-refractivity contribution in [2.45, 2.75) is 82.2 Å². The van der Waals surface area contributed by atoms with Crippen molar-refractivity contribution in [1.82, 2.24) is 0 Å². The normalized spacial score (nSPS) is 40.9. The zero-order valence-electron chi connectivity index (χ0n) is 15.7. The molecule has 0 spiro atoms. The van der Waals surface area contributed by atoms with E-state index in [0.717, 1.165) is 62.7 Å². The van der Waals surface area contributed by atoms with E-state index in [2.05, 4.69) is 4.72 Å². The molecular formula is C20H29F3NO2S-. The Hall–Kier alpha value is -0.430. The van der Waals surface area contributed by atoms with E-state index in [0.29, 0.717) is 12.3 Å². The molecule has 0 aromatic heterocycles. The summed E-state index contributed by atoms with van der Waals surface area (Å²) in [6.45, 7) is 0.243. The van der Waals surface area contributed by atoms with Gasteiger partial charge in [0.05, 0.1) is 5.41 Å². The third-order valence-electron chi connectivity index (χ3n) is 7.34. The van der Waals surface area contributed by atoms with E-state index in [1.165, 1.54) is 19.3 Å². The highest BCUT2D eigenvalue weighted by molar-refractivity contribution is 8.02. The topological polar surface area (TPSA) is 40.4 Å². The molecule has 5 aliphatic carbocycles. The number of carbonyl (C=O) groups is 1. The summed E-state index contributed by atoms with van der Waals surface area (Å²) in [4.78, 5) is 13.0. The minimum atomic E-state index is -4.27. The summed E-state index contributed by atoms with van der Waals surface area (Å²) in [6, 6.07) is 0. The van der Waals surface area contributed by atoms with Gasteiger partial charge in [0.15, 0.2) is 0 Å². The standard InChI is InChI=1S/C20H29F3NO2S/c21-20(22,23)27-24-6-5-13-1-3-17(4-2-13)26-18(25)19-10-14-7-15(11-19)9-16(8-14)12-19/h13-17H,1-12H2/q-1. The Labute approximate surface area is 163 Å². The number of nitrogens with zero attached hydrogens (tertiary/aromatic N) is 1. The second kappa shape index (κ2) is 7.77. The summed E-state index contributed by atoms with van der Waals surface area (Å²) in [5.74, 6) is 2.66. The maximum atomic E-state index is 13.0. The highest BCUT2D eigenvalue weighted by Crippen LogP contribution is 2.60. The zero-order chi connectivity index (χ0) is 19.1. The first-order chi connectivity index (χ1) is 12.8. The lowest BCUT2D eigenvalue weighted by atomic mass is 9.49. The molecule has 0 aliphatic heterocycles. The maximum absolute atomic E-state index is 13.0. The van der Waals surface area contributed by atoms with E-state index in [4.69, 9.17) is 4.74 Å². The van der Waals surface area contributed by atoms with Crippen molar-refractivity contribution in [2.24, 2.45) is 29.1 Å². The third-order valence-corrected chi connectivity index (χ3v) is 7.85. The van der Waals surface area contributed by atoms with E-state index >= 15 is 0 Å². The number of esters is 1. The van der Waals surface area contributed by atoms with Gasteiger partial charge in [0.25, 0.3) is 0 Å². The van der Waals surface area contributed by atoms with Crippen molar-refractivity contribution in [2.75, 3.05) is 6.54 Å². The Morgan fingerprint density at radius 2 is 1.56 bits per heavy atom. The van der Waals surface area contributed by atoms with Crippen molar-refractivity contribution in [3.8, 4) is 0 Å². The van der Waals surface area contributed by atoms with Crippen LogP contribution in [0.3, 0.4) is 0 Å². The van der Waals surface area contributed by atoms with Crippen LogP contribution >= 0.6 is 11.9 Å². The van der Waals surface area contributed by atoms with Crippen molar-refractivity contribution in [1.29, 1.82) is 0 Å². The molecule has 5 rings (SSSR count). The third kappa shape index (κ3) is 4.77. The van der Waals surface area contributed by atoms with Crippen LogP contribution in [0.2, 0.25) is 0 Å². The number of halogens is 3. The molecule has 4 bridgehead atoms. The highest BCUT2D eigenvalue weighted by Gasteiger charge is 2.55. The SMILES string of the molecule is O=C(OC1CCC(CC[N-]SC(F)(F)F)CC1)C12CC3CC(CC(C3)C1)C2. The van der Waals surface area contributed by atoms with Gasteiger partial charge in [-0.3, -0.25) is 4.79 Å². The van der Waals surface area contributed by atoms with Gasteiger partial charge in [-0.25, -0.2) is 0 Å². The van der Waals surface area contributed by atoms with Crippen molar-refractivity contribution < 1.29 is 22.7 Å². The second-order valence-electron chi connectivity index (χ2n) is 9.42. The van der Waals surface area contributed by atoms with Crippen molar-refractivity contribution in [3.05, 3.63) is 4.72 Å². The summed E-state index contributed by atoms with van der Waals surface area (Å²) in [7, 11) is 0. The van der Waals surface area contributed by atoms with E-state index in [1.807, 2.05) is 0 Å². The van der Waals surface area contributed by atoms with Crippen LogP contribution in [0.4, 0.5) is 13.2 Å². The first-order valence-electron chi connectivity index (χ1n) is 10.4. The van der Waals surface area contributed by atoms with Crippen molar-refractivity contribution in [3.63, 3.8) is 0 Å². The number of rotatable bonds is 6. The van der Waals surface area contributed by atoms with Gasteiger partial charge in [-0.15, -0.1) is 6.54 Å². The first-order valence-corrected chi connectivity index (χ1v) is 11.2. The molecule has 5 fully saturated rings. The van der Waals surface area contributed by atoms with Crippen LogP contribution in [-0.2, 0) is 9.53 Å². The lowest BCUT2D eigenvalue weighted by Crippen LogP contribution is -2.51. The van der Waals surface area contributed by atoms with E-state index in [9.17, 15) is 18.0 Å². The lowest BCUT2D eigenvalue weighted by Gasteiger charge is -2.55. The monoisotopic (exact) mass is 404 g/mol. The lowest BCUT2D eigenvalue weighted by molar-refractivity contribution is -0.178. The molecule has 3 nitrogen and oxygen atoms in total. The number of hydrogen-bond acceptors (Lipinski definition) is 3. The van der Waals surface area contributed by atoms with Crippen LogP contribution < -0.4 is 0 Å². The van der Waals surface area contributed by atoms with Crippen LogP contribution in [0, 0.1) is 29.1 Å². The van der Waals surface area contributed by atoms with Crippen LogP contribution in [0.1, 0.15) is 70.6 Å². The summed E-state index contributed by atoms with van der Waals surface area (Å²) in [6.07, 6.45) is 11.3. The summed E-state index contributed by atoms with van der Waals surface area (Å²) in [5.41, 5.74) is -4.47. The molecule has 7 heteroatoms. The number of hydrogen-bond donors (Lipinski definition) is 0. The van der Waals surface area contributed by atoms with Crippen LogP contribution in [0.5, 0.6) is 0 Å². The smallest absolute Gasteiger partial charge is 0.423 e. The van der Waals surface area contributed by atoms with E-state index in [1.54, 1.807) is 0 Å². The minimum Gasteiger partial charge on any atom is -0.599 e. The van der Waals surface area contributed by atoms with Gasteiger partial charge in [0, 0.05) is 0 Å². The molecule has 27 heavy (non-hydrogen) atoms. The molecule has 154 valence electrons. The summed E-state index contributed by atoms with van der Waals surface area (Å²) >= 11 is -0.286. The Balaban J connectivity index is 1.19. The van der Waals surface area contributed by atoms with E-state index in [-0.39, 0.29) is 36.0 Å². The predicted molar refractivity (Wildman–Crippen MR) is 98.9 cm³/mol. The molecule has 0 unspecified atom stereocenters. The molecule has 0 atom stereocenters. The quantitative estimate of drug-likeness (QED) is 0.299. The summed E-state index contributed by atoms with van der Waals surface area (Å²) < 4.78 is 45.7. The molecular weight excluding hydrogens is 375 g/mol. The van der Waals surface area contributed by atoms with Crippen molar-refractivity contribution >= 4 is 17.9 Å². The van der Waals surface area contributed by atoms with Gasteiger partial charge >= 0.3 is 11.5 Å². The molecule has 0 aromatic carbocycles. The Morgan fingerprint density at radius 3 is 2.07 bits per heavy atom. The molecule has 0 N–H and O–H groups in total. The van der Waals surface area contributed by atoms with Gasteiger partial charge in [0.2, 0.25) is 0 Å². The fraction of sp³-hybridized carbons (Fsp3) is 0.950. The van der Waals surface area contributed by atoms with Crippen LogP contribution in [0.15, 0.2) is 0 Å². The minimum absolute atomic E-state index is 0.00300. The fourth-order valence-electron chi connectivity index (χ4n) is 6.53. The van der Waals surface area contributed by atoms with E-state index < -0.39 is 5.51 Å². The predicted octanol–water partition coefficient (Wildman–Crippen LogP) is 6.24. The van der Waals surface area contributed by atoms with Gasteiger partial charge < -0.3 is 9.46 Å². The summed E-state index contributed by atoms with van der Waals surface area (Å²) in [5, 5.41) is 0. The number of ether oxygens (including phenoxy) is 1. The maximum Gasteiger partial charge on any atom is 0.423 e. The molecule has 0 aromatic rings. The largest absolute Gasteiger partial charge is 0.599 e. The van der Waals surface area contributed by atoms with Crippen LogP contribution in [-0.4, -0.2) is 24.1 Å². The molecule has 0 radical (unpaired) electrons. The Bertz CT molecular complexity index is 511. The first kappa shape index (κ1) is 19.9. The average molecular weight is 405 g/mol. The second-order valence-corrected chi connectivity index (χ2v) is 10.3. The highest BCUT2D eigenvalue weighted by atomic mass is 32.2. The zero-order valence-corrected chi connectivity index (χ0v) is 16.5. The Morgan fingerprint density at radius 1 is 1.00 bits per heavy atom. The van der Waals surface area contributed by atoms with Gasteiger partial charge in [0.1, 0.15) is 6.10 Å². The Kier molecular flexibility index (Phi) is 5.72. The molecule has 0 saturated heterocycles.